The Balaban J connectivity index is 2.28. The van der Waals surface area contributed by atoms with E-state index in [0.717, 1.165) is 21.8 Å². The molecule has 0 bridgehead atoms. The minimum atomic E-state index is -3.62. The van der Waals surface area contributed by atoms with E-state index >= 15 is 0 Å². The molecule has 2 aromatic rings. The fourth-order valence-corrected chi connectivity index (χ4v) is 5.11. The topological polar surface area (TPSA) is 84.0 Å². The van der Waals surface area contributed by atoms with Crippen LogP contribution in [0, 0.1) is 6.92 Å². The third kappa shape index (κ3) is 3.54. The van der Waals surface area contributed by atoms with Crippen LogP contribution in [0.25, 0.3) is 0 Å². The van der Waals surface area contributed by atoms with Gasteiger partial charge in [0.15, 0.2) is 0 Å². The maximum absolute atomic E-state index is 12.5. The molecule has 110 valence electrons. The molecule has 2 aromatic heterocycles. The first-order valence-electron chi connectivity index (χ1n) is 5.99. The van der Waals surface area contributed by atoms with Crippen LogP contribution in [-0.2, 0) is 16.6 Å². The van der Waals surface area contributed by atoms with E-state index in [0.29, 0.717) is 17.5 Å². The van der Waals surface area contributed by atoms with Crippen LogP contribution >= 0.6 is 22.7 Å². The van der Waals surface area contributed by atoms with Gasteiger partial charge in [-0.1, -0.05) is 25.2 Å². The van der Waals surface area contributed by atoms with Gasteiger partial charge in [0.25, 0.3) is 10.0 Å². The van der Waals surface area contributed by atoms with Crippen molar-refractivity contribution in [3.05, 3.63) is 21.3 Å². The summed E-state index contributed by atoms with van der Waals surface area (Å²) in [4.78, 5) is 1.14. The van der Waals surface area contributed by atoms with E-state index in [1.165, 1.54) is 16.8 Å². The highest BCUT2D eigenvalue weighted by Gasteiger charge is 2.24. The van der Waals surface area contributed by atoms with E-state index < -0.39 is 10.0 Å². The maximum Gasteiger partial charge on any atom is 0.265 e. The molecule has 0 saturated carbocycles. The summed E-state index contributed by atoms with van der Waals surface area (Å²) in [6.45, 7) is 6.37. The van der Waals surface area contributed by atoms with Crippen LogP contribution in [0.2, 0.25) is 0 Å². The smallest absolute Gasteiger partial charge is 0.265 e. The Labute approximate surface area is 126 Å². The Morgan fingerprint density at radius 2 is 2.10 bits per heavy atom. The van der Waals surface area contributed by atoms with Crippen LogP contribution in [0.15, 0.2) is 15.8 Å². The van der Waals surface area contributed by atoms with E-state index in [1.54, 1.807) is 6.92 Å². The number of sulfonamides is 1. The van der Waals surface area contributed by atoms with Gasteiger partial charge >= 0.3 is 0 Å². The lowest BCUT2D eigenvalue weighted by Crippen LogP contribution is -2.23. The Morgan fingerprint density at radius 1 is 1.35 bits per heavy atom. The van der Waals surface area contributed by atoms with Gasteiger partial charge in [0.2, 0.25) is 5.13 Å². The average molecular weight is 332 g/mol. The molecule has 0 aliphatic heterocycles. The number of aromatic nitrogens is 2. The van der Waals surface area contributed by atoms with Gasteiger partial charge < -0.3 is 5.32 Å². The van der Waals surface area contributed by atoms with E-state index in [-0.39, 0.29) is 5.13 Å². The second-order valence-corrected chi connectivity index (χ2v) is 7.97. The lowest BCUT2D eigenvalue weighted by Gasteiger charge is -2.10. The highest BCUT2D eigenvalue weighted by molar-refractivity contribution is 7.93. The fourth-order valence-electron chi connectivity index (χ4n) is 1.65. The Kier molecular flexibility index (Phi) is 4.74. The van der Waals surface area contributed by atoms with Gasteiger partial charge in [-0.25, -0.2) is 8.42 Å². The second kappa shape index (κ2) is 6.17. The van der Waals surface area contributed by atoms with E-state index in [4.69, 9.17) is 0 Å². The third-order valence-electron chi connectivity index (χ3n) is 2.51. The minimum absolute atomic E-state index is 0.276. The molecule has 20 heavy (non-hydrogen) atoms. The van der Waals surface area contributed by atoms with Gasteiger partial charge in [-0.05, 0) is 17.9 Å². The monoisotopic (exact) mass is 332 g/mol. The van der Waals surface area contributed by atoms with Crippen LogP contribution in [0.5, 0.6) is 0 Å². The molecule has 9 heteroatoms. The summed E-state index contributed by atoms with van der Waals surface area (Å²) in [5.74, 6) is 0. The number of aryl methyl sites for hydroxylation is 1. The van der Waals surface area contributed by atoms with Crippen molar-refractivity contribution < 1.29 is 8.42 Å². The van der Waals surface area contributed by atoms with Crippen LogP contribution in [-0.4, -0.2) is 24.7 Å². The normalized spacial score (nSPS) is 12.0. The summed E-state index contributed by atoms with van der Waals surface area (Å²) in [5.41, 5.74) is 2.23. The standard InChI is InChI=1S/C11H16N4O2S3/c1-7(2)12-4-9-10(8(3)5-18-9)20(16,17)15-11-14-13-6-19-11/h5-7,12H,4H2,1-3H3,(H,14,15). The highest BCUT2D eigenvalue weighted by atomic mass is 32.2. The number of nitrogens with one attached hydrogen (secondary N) is 2. The molecule has 0 fully saturated rings. The molecule has 6 nitrogen and oxygen atoms in total. The molecule has 0 aliphatic rings. The predicted octanol–water partition coefficient (Wildman–Crippen LogP) is 2.21. The average Bonchev–Trinajstić information content (AvgIpc) is 2.95. The van der Waals surface area contributed by atoms with Gasteiger partial charge in [0.1, 0.15) is 10.4 Å². The maximum atomic E-state index is 12.5. The molecule has 2 heterocycles. The van der Waals surface area contributed by atoms with Gasteiger partial charge in [-0.15, -0.1) is 21.5 Å². The molecule has 0 atom stereocenters. The molecule has 0 aromatic carbocycles. The first-order chi connectivity index (χ1) is 9.40. The molecule has 0 amide bonds. The summed E-state index contributed by atoms with van der Waals surface area (Å²) in [5, 5.41) is 12.7. The zero-order valence-corrected chi connectivity index (χ0v) is 13.8. The Morgan fingerprint density at radius 3 is 2.70 bits per heavy atom. The van der Waals surface area contributed by atoms with Crippen molar-refractivity contribution in [1.82, 2.24) is 15.5 Å². The molecule has 0 saturated heterocycles. The fraction of sp³-hybridized carbons (Fsp3) is 0.455. The van der Waals surface area contributed by atoms with Gasteiger partial charge in [0, 0.05) is 17.5 Å². The molecule has 2 rings (SSSR count). The van der Waals surface area contributed by atoms with E-state index in [2.05, 4.69) is 20.2 Å². The summed E-state index contributed by atoms with van der Waals surface area (Å²) in [6.07, 6.45) is 0. The molecule has 0 spiro atoms. The van der Waals surface area contributed by atoms with Crippen molar-refractivity contribution in [2.75, 3.05) is 4.72 Å². The lowest BCUT2D eigenvalue weighted by atomic mass is 10.3. The van der Waals surface area contributed by atoms with Gasteiger partial charge in [0.05, 0.1) is 0 Å². The number of thiophene rings is 1. The van der Waals surface area contributed by atoms with Crippen molar-refractivity contribution in [2.45, 2.75) is 38.3 Å². The van der Waals surface area contributed by atoms with Crippen LogP contribution < -0.4 is 10.0 Å². The highest BCUT2D eigenvalue weighted by Crippen LogP contribution is 2.28. The second-order valence-electron chi connectivity index (χ2n) is 4.56. The van der Waals surface area contributed by atoms with Crippen molar-refractivity contribution in [2.24, 2.45) is 0 Å². The van der Waals surface area contributed by atoms with Gasteiger partial charge in [-0.3, -0.25) is 4.72 Å². The summed E-state index contributed by atoms with van der Waals surface area (Å²) < 4.78 is 27.4. The SMILES string of the molecule is Cc1csc(CNC(C)C)c1S(=O)(=O)Nc1nncs1. The zero-order chi connectivity index (χ0) is 14.8. The number of nitrogens with zero attached hydrogens (tertiary/aromatic N) is 2. The van der Waals surface area contributed by atoms with Crippen molar-refractivity contribution in [1.29, 1.82) is 0 Å². The van der Waals surface area contributed by atoms with Crippen molar-refractivity contribution in [3.63, 3.8) is 0 Å². The minimum Gasteiger partial charge on any atom is -0.310 e. The molecule has 0 aliphatic carbocycles. The zero-order valence-electron chi connectivity index (χ0n) is 11.4. The molecule has 2 N–H and O–H groups in total. The van der Waals surface area contributed by atoms with Crippen LogP contribution in [0.4, 0.5) is 5.13 Å². The number of anilines is 1. The quantitative estimate of drug-likeness (QED) is 0.847. The van der Waals surface area contributed by atoms with Crippen molar-refractivity contribution in [3.8, 4) is 0 Å². The summed E-state index contributed by atoms with van der Waals surface area (Å²) in [7, 11) is -3.62. The molecular weight excluding hydrogens is 316 g/mol. The number of hydrogen-bond acceptors (Lipinski definition) is 7. The van der Waals surface area contributed by atoms with Crippen molar-refractivity contribution >= 4 is 37.8 Å². The Hall–Kier alpha value is -1.03. The number of hydrogen-bond donors (Lipinski definition) is 2. The largest absolute Gasteiger partial charge is 0.310 e. The van der Waals surface area contributed by atoms with Crippen LogP contribution in [0.3, 0.4) is 0 Å². The Bertz CT molecular complexity index is 662. The molecular formula is C11H16N4O2S3. The van der Waals surface area contributed by atoms with E-state index in [1.807, 2.05) is 19.2 Å². The lowest BCUT2D eigenvalue weighted by molar-refractivity contribution is 0.581. The van der Waals surface area contributed by atoms with E-state index in [9.17, 15) is 8.42 Å². The predicted molar refractivity (Wildman–Crippen MR) is 81.7 cm³/mol. The molecule has 0 unspecified atom stereocenters. The van der Waals surface area contributed by atoms with Gasteiger partial charge in [-0.2, -0.15) is 0 Å². The summed E-state index contributed by atoms with van der Waals surface area (Å²) >= 11 is 2.60. The number of rotatable bonds is 6. The van der Waals surface area contributed by atoms with Crippen LogP contribution in [0.1, 0.15) is 24.3 Å². The first-order valence-corrected chi connectivity index (χ1v) is 9.23. The third-order valence-corrected chi connectivity index (χ3v) is 6.05. The molecule has 0 radical (unpaired) electrons. The summed E-state index contributed by atoms with van der Waals surface area (Å²) in [6, 6.07) is 0.295. The first kappa shape index (κ1) is 15.4.